The fourth-order valence-corrected chi connectivity index (χ4v) is 1.14. The molecule has 0 unspecified atom stereocenters. The van der Waals surface area contributed by atoms with Gasteiger partial charge >= 0.3 is 6.18 Å². The predicted octanol–water partition coefficient (Wildman–Crippen LogP) is 0.582. The Kier molecular flexibility index (Phi) is 6.86. The first-order chi connectivity index (χ1) is 6.49. The van der Waals surface area contributed by atoms with Crippen LogP contribution in [0.5, 0.6) is 0 Å². The van der Waals surface area contributed by atoms with Crippen molar-refractivity contribution in [1.29, 1.82) is 0 Å². The summed E-state index contributed by atoms with van der Waals surface area (Å²) in [7, 11) is 0. The molecule has 14 heavy (non-hydrogen) atoms. The molecule has 86 valence electrons. The minimum atomic E-state index is -4.20. The van der Waals surface area contributed by atoms with E-state index < -0.39 is 12.7 Å². The van der Waals surface area contributed by atoms with Gasteiger partial charge in [-0.3, -0.25) is 4.90 Å². The van der Waals surface area contributed by atoms with Gasteiger partial charge in [-0.05, 0) is 25.9 Å². The predicted molar refractivity (Wildman–Crippen MR) is 47.9 cm³/mol. The second-order valence-corrected chi connectivity index (χ2v) is 3.11. The summed E-state index contributed by atoms with van der Waals surface area (Å²) in [5.41, 5.74) is 5.23. The number of alkyl halides is 3. The van der Waals surface area contributed by atoms with Gasteiger partial charge in [0, 0.05) is 6.54 Å². The largest absolute Gasteiger partial charge is 0.401 e. The highest BCUT2D eigenvalue weighted by Gasteiger charge is 2.30. The van der Waals surface area contributed by atoms with Crippen molar-refractivity contribution in [2.75, 3.05) is 32.8 Å². The first-order valence-corrected chi connectivity index (χ1v) is 4.59. The van der Waals surface area contributed by atoms with E-state index in [0.29, 0.717) is 25.9 Å². The fraction of sp³-hybridized carbons (Fsp3) is 1.00. The molecule has 0 heterocycles. The molecule has 0 aromatic rings. The molecule has 0 amide bonds. The van der Waals surface area contributed by atoms with Crippen molar-refractivity contribution >= 4 is 0 Å². The normalized spacial score (nSPS) is 12.4. The van der Waals surface area contributed by atoms with Crippen LogP contribution in [0.15, 0.2) is 0 Å². The fourth-order valence-electron chi connectivity index (χ4n) is 1.14. The summed E-state index contributed by atoms with van der Waals surface area (Å²) in [6.45, 7) is -0.336. The average molecular weight is 214 g/mol. The second kappa shape index (κ2) is 7.03. The van der Waals surface area contributed by atoms with Crippen LogP contribution in [0.2, 0.25) is 0 Å². The zero-order chi connectivity index (χ0) is 11.0. The summed E-state index contributed by atoms with van der Waals surface area (Å²) in [5, 5.41) is 8.56. The summed E-state index contributed by atoms with van der Waals surface area (Å²) >= 11 is 0. The van der Waals surface area contributed by atoms with Crippen LogP contribution in [0.25, 0.3) is 0 Å². The Balaban J connectivity index is 3.77. The minimum absolute atomic E-state index is 0.0596. The molecular weight excluding hydrogens is 197 g/mol. The van der Waals surface area contributed by atoms with Crippen LogP contribution in [0.4, 0.5) is 13.2 Å². The Hall–Kier alpha value is -0.330. The lowest BCUT2D eigenvalue weighted by atomic mass is 10.3. The van der Waals surface area contributed by atoms with Crippen LogP contribution >= 0.6 is 0 Å². The molecule has 0 spiro atoms. The Labute approximate surface area is 81.7 Å². The van der Waals surface area contributed by atoms with Gasteiger partial charge in [0.2, 0.25) is 0 Å². The molecule has 6 heteroatoms. The van der Waals surface area contributed by atoms with Gasteiger partial charge in [0.25, 0.3) is 0 Å². The van der Waals surface area contributed by atoms with Crippen molar-refractivity contribution in [3.8, 4) is 0 Å². The van der Waals surface area contributed by atoms with E-state index in [1.807, 2.05) is 0 Å². The zero-order valence-corrected chi connectivity index (χ0v) is 8.06. The topological polar surface area (TPSA) is 49.5 Å². The third-order valence-corrected chi connectivity index (χ3v) is 1.75. The lowest BCUT2D eigenvalue weighted by molar-refractivity contribution is -0.146. The third kappa shape index (κ3) is 8.28. The van der Waals surface area contributed by atoms with Gasteiger partial charge in [-0.15, -0.1) is 0 Å². The lowest BCUT2D eigenvalue weighted by Gasteiger charge is -2.22. The number of unbranched alkanes of at least 4 members (excludes halogenated alkanes) is 1. The number of hydrogen-bond donors (Lipinski definition) is 2. The summed E-state index contributed by atoms with van der Waals surface area (Å²) in [6.07, 6.45) is -2.86. The zero-order valence-electron chi connectivity index (χ0n) is 8.06. The summed E-state index contributed by atoms with van der Waals surface area (Å²) < 4.78 is 36.0. The van der Waals surface area contributed by atoms with Crippen LogP contribution in [-0.2, 0) is 0 Å². The maximum atomic E-state index is 12.0. The van der Waals surface area contributed by atoms with Crippen molar-refractivity contribution in [1.82, 2.24) is 4.90 Å². The standard InChI is InChI=1S/C8H17F3N2O/c9-8(10,11)7-13(5-6-14)4-2-1-3-12/h14H,1-7,12H2. The molecular formula is C8H17F3N2O. The van der Waals surface area contributed by atoms with Crippen LogP contribution in [-0.4, -0.2) is 49.0 Å². The van der Waals surface area contributed by atoms with Crippen molar-refractivity contribution in [2.45, 2.75) is 19.0 Å². The van der Waals surface area contributed by atoms with Gasteiger partial charge in [-0.25, -0.2) is 0 Å². The SMILES string of the molecule is NCCCCN(CCO)CC(F)(F)F. The summed E-state index contributed by atoms with van der Waals surface area (Å²) in [4.78, 5) is 1.19. The Morgan fingerprint density at radius 3 is 2.21 bits per heavy atom. The maximum Gasteiger partial charge on any atom is 0.401 e. The van der Waals surface area contributed by atoms with Gasteiger partial charge < -0.3 is 10.8 Å². The molecule has 0 aliphatic carbocycles. The van der Waals surface area contributed by atoms with E-state index in [4.69, 9.17) is 10.8 Å². The van der Waals surface area contributed by atoms with Crippen molar-refractivity contribution < 1.29 is 18.3 Å². The molecule has 0 rings (SSSR count). The minimum Gasteiger partial charge on any atom is -0.395 e. The molecule has 0 saturated heterocycles. The summed E-state index contributed by atoms with van der Waals surface area (Å²) in [5.74, 6) is 0. The van der Waals surface area contributed by atoms with E-state index in [1.54, 1.807) is 0 Å². The molecule has 0 aromatic heterocycles. The van der Waals surface area contributed by atoms with Gasteiger partial charge in [-0.2, -0.15) is 13.2 Å². The van der Waals surface area contributed by atoms with E-state index >= 15 is 0 Å². The molecule has 0 aliphatic rings. The van der Waals surface area contributed by atoms with Gasteiger partial charge in [0.1, 0.15) is 0 Å². The number of hydrogen-bond acceptors (Lipinski definition) is 3. The molecule has 0 bridgehead atoms. The van der Waals surface area contributed by atoms with Crippen molar-refractivity contribution in [3.63, 3.8) is 0 Å². The van der Waals surface area contributed by atoms with Crippen molar-refractivity contribution in [2.24, 2.45) is 5.73 Å². The summed E-state index contributed by atoms with van der Waals surface area (Å²) in [6, 6.07) is 0. The van der Waals surface area contributed by atoms with E-state index in [9.17, 15) is 13.2 Å². The monoisotopic (exact) mass is 214 g/mol. The number of rotatable bonds is 7. The molecule has 0 aliphatic heterocycles. The van der Waals surface area contributed by atoms with Crippen LogP contribution in [0.3, 0.4) is 0 Å². The molecule has 0 aromatic carbocycles. The lowest BCUT2D eigenvalue weighted by Crippen LogP contribution is -2.37. The highest BCUT2D eigenvalue weighted by molar-refractivity contribution is 4.63. The molecule has 3 nitrogen and oxygen atoms in total. The third-order valence-electron chi connectivity index (χ3n) is 1.75. The van der Waals surface area contributed by atoms with Gasteiger partial charge in [0.15, 0.2) is 0 Å². The number of aliphatic hydroxyl groups is 1. The molecule has 0 radical (unpaired) electrons. The molecule has 0 atom stereocenters. The molecule has 3 N–H and O–H groups in total. The smallest absolute Gasteiger partial charge is 0.395 e. The second-order valence-electron chi connectivity index (χ2n) is 3.11. The molecule has 0 saturated carbocycles. The Morgan fingerprint density at radius 2 is 1.79 bits per heavy atom. The van der Waals surface area contributed by atoms with Crippen LogP contribution in [0, 0.1) is 0 Å². The van der Waals surface area contributed by atoms with E-state index in [2.05, 4.69) is 0 Å². The maximum absolute atomic E-state index is 12.0. The van der Waals surface area contributed by atoms with Gasteiger partial charge in [-0.1, -0.05) is 0 Å². The number of nitrogens with two attached hydrogens (primary N) is 1. The first kappa shape index (κ1) is 13.7. The Morgan fingerprint density at radius 1 is 1.14 bits per heavy atom. The number of aliphatic hydroxyl groups excluding tert-OH is 1. The highest BCUT2D eigenvalue weighted by Crippen LogP contribution is 2.16. The quantitative estimate of drug-likeness (QED) is 0.609. The van der Waals surface area contributed by atoms with E-state index in [1.165, 1.54) is 4.90 Å². The highest BCUT2D eigenvalue weighted by atomic mass is 19.4. The molecule has 0 fully saturated rings. The van der Waals surface area contributed by atoms with Gasteiger partial charge in [0.05, 0.1) is 13.2 Å². The van der Waals surface area contributed by atoms with Crippen LogP contribution in [0.1, 0.15) is 12.8 Å². The number of nitrogens with zero attached hydrogens (tertiary/aromatic N) is 1. The van der Waals surface area contributed by atoms with Crippen LogP contribution < -0.4 is 5.73 Å². The van der Waals surface area contributed by atoms with Crippen molar-refractivity contribution in [3.05, 3.63) is 0 Å². The van der Waals surface area contributed by atoms with E-state index in [0.717, 1.165) is 0 Å². The Bertz CT molecular complexity index is 141. The number of halogens is 3. The van der Waals surface area contributed by atoms with E-state index in [-0.39, 0.29) is 13.2 Å². The average Bonchev–Trinajstić information content (AvgIpc) is 2.02. The first-order valence-electron chi connectivity index (χ1n) is 4.59.